The minimum atomic E-state index is 0. The van der Waals surface area contributed by atoms with Crippen LogP contribution < -0.4 is 17.1 Å². The average molecular weight is 283 g/mol. The van der Waals surface area contributed by atoms with E-state index in [1.54, 1.807) is 0 Å². The van der Waals surface area contributed by atoms with E-state index in [4.69, 9.17) is 4.74 Å². The van der Waals surface area contributed by atoms with Gasteiger partial charge >= 0.3 is 0 Å². The van der Waals surface area contributed by atoms with Crippen LogP contribution in [0.4, 0.5) is 0 Å². The Balaban J connectivity index is 0.00000180. The van der Waals surface area contributed by atoms with Crippen molar-refractivity contribution >= 4 is 5.78 Å². The van der Waals surface area contributed by atoms with Crippen molar-refractivity contribution in [3.63, 3.8) is 0 Å². The maximum absolute atomic E-state index is 12.0. The highest BCUT2D eigenvalue weighted by Gasteiger charge is 2.13. The van der Waals surface area contributed by atoms with Crippen molar-refractivity contribution in [2.75, 3.05) is 26.2 Å². The Hall–Kier alpha value is -1.06. The normalized spacial score (nSPS) is 15.0. The number of Topliss-reactive ketones (excluding diaryl/α,β-unsaturated/α-hetero) is 1. The molecule has 0 amide bonds. The van der Waals surface area contributed by atoms with E-state index in [9.17, 15) is 4.79 Å². The summed E-state index contributed by atoms with van der Waals surface area (Å²) in [6.45, 7) is 5.80. The molecule has 1 aliphatic heterocycles. The number of ether oxygens (including phenoxy) is 1. The summed E-state index contributed by atoms with van der Waals surface area (Å²) in [5.41, 5.74) is 0.789. The molecule has 106 valence electrons. The summed E-state index contributed by atoms with van der Waals surface area (Å²) in [7, 11) is 0. The number of hydrogen-bond donors (Lipinski definition) is 0. The van der Waals surface area contributed by atoms with Crippen molar-refractivity contribution in [3.05, 3.63) is 29.8 Å². The van der Waals surface area contributed by atoms with Crippen LogP contribution in [0.5, 0.6) is 5.75 Å². The monoisotopic (exact) mass is 282 g/mol. The van der Waals surface area contributed by atoms with Gasteiger partial charge in [-0.1, -0.05) is 0 Å². The number of rotatable bonds is 6. The molecule has 0 atom stereocenters. The molecule has 0 saturated carbocycles. The van der Waals surface area contributed by atoms with Crippen molar-refractivity contribution in [1.82, 2.24) is 4.90 Å². The van der Waals surface area contributed by atoms with Gasteiger partial charge in [-0.15, -0.1) is 0 Å². The molecular weight excluding hydrogens is 262 g/mol. The molecule has 1 saturated heterocycles. The minimum absolute atomic E-state index is 0. The predicted molar refractivity (Wildman–Crippen MR) is 72.2 cm³/mol. The van der Waals surface area contributed by atoms with E-state index in [0.717, 1.165) is 30.9 Å². The van der Waals surface area contributed by atoms with Crippen molar-refractivity contribution in [3.8, 4) is 5.75 Å². The Labute approximate surface area is 121 Å². The Kier molecular flexibility index (Phi) is 6.89. The highest BCUT2D eigenvalue weighted by Crippen LogP contribution is 2.14. The van der Waals surface area contributed by atoms with Crippen LogP contribution in [0.2, 0.25) is 0 Å². The van der Waals surface area contributed by atoms with Crippen LogP contribution in [-0.4, -0.2) is 36.9 Å². The summed E-state index contributed by atoms with van der Waals surface area (Å²) in [5.74, 6) is 1.05. The van der Waals surface area contributed by atoms with E-state index < -0.39 is 0 Å². The molecule has 1 fully saturated rings. The Bertz CT molecular complexity index is 386. The fourth-order valence-electron chi connectivity index (χ4n) is 2.31. The highest BCUT2D eigenvalue weighted by molar-refractivity contribution is 5.96. The average Bonchev–Trinajstić information content (AvgIpc) is 2.90. The molecule has 0 radical (unpaired) electrons. The minimum Gasteiger partial charge on any atom is -1.00 e. The first-order valence-electron chi connectivity index (χ1n) is 6.78. The number of carbonyl (C=O) groups excluding carboxylic acids is 1. The van der Waals surface area contributed by atoms with Crippen molar-refractivity contribution in [1.29, 1.82) is 0 Å². The first-order valence-corrected chi connectivity index (χ1v) is 6.78. The second kappa shape index (κ2) is 8.18. The van der Waals surface area contributed by atoms with Gasteiger partial charge in [-0.05, 0) is 57.1 Å². The Morgan fingerprint density at radius 1 is 1.21 bits per heavy atom. The molecule has 1 heterocycles. The zero-order chi connectivity index (χ0) is 12.8. The molecule has 0 unspecified atom stereocenters. The van der Waals surface area contributed by atoms with E-state index in [1.165, 1.54) is 12.8 Å². The number of nitrogens with zero attached hydrogens (tertiary/aromatic N) is 1. The van der Waals surface area contributed by atoms with Gasteiger partial charge in [-0.3, -0.25) is 4.79 Å². The number of hydrogen-bond acceptors (Lipinski definition) is 3. The molecule has 1 aromatic carbocycles. The third-order valence-corrected chi connectivity index (χ3v) is 3.34. The predicted octanol–water partition coefficient (Wildman–Crippen LogP) is -0.242. The third-order valence-electron chi connectivity index (χ3n) is 3.34. The van der Waals surface area contributed by atoms with E-state index in [0.29, 0.717) is 13.0 Å². The van der Waals surface area contributed by atoms with Gasteiger partial charge in [0.1, 0.15) is 5.75 Å². The summed E-state index contributed by atoms with van der Waals surface area (Å²) in [5, 5.41) is 0. The van der Waals surface area contributed by atoms with Crippen LogP contribution in [-0.2, 0) is 0 Å². The van der Waals surface area contributed by atoms with E-state index in [2.05, 4.69) is 4.90 Å². The zero-order valence-electron chi connectivity index (χ0n) is 11.4. The standard InChI is InChI=1S/C15H21NO2.ClH/c1-2-18-14-7-5-13(6-8-14)15(17)9-12-16-10-3-4-11-16;/h5-8H,2-4,9-12H2,1H3;1H/p-1. The molecule has 4 heteroatoms. The van der Waals surface area contributed by atoms with Gasteiger partial charge in [0.15, 0.2) is 5.78 Å². The Morgan fingerprint density at radius 2 is 1.84 bits per heavy atom. The molecule has 0 aromatic heterocycles. The maximum atomic E-state index is 12.0. The van der Waals surface area contributed by atoms with E-state index in [-0.39, 0.29) is 18.2 Å². The molecule has 1 aliphatic rings. The number of benzene rings is 1. The van der Waals surface area contributed by atoms with Gasteiger partial charge < -0.3 is 22.0 Å². The molecule has 2 rings (SSSR count). The fourth-order valence-corrected chi connectivity index (χ4v) is 2.31. The SMILES string of the molecule is CCOc1ccc(C(=O)CCN2CCCC2)cc1.[Cl-]. The molecule has 19 heavy (non-hydrogen) atoms. The lowest BCUT2D eigenvalue weighted by atomic mass is 10.1. The first kappa shape index (κ1) is 16.0. The van der Waals surface area contributed by atoms with Gasteiger partial charge in [0.05, 0.1) is 6.61 Å². The van der Waals surface area contributed by atoms with Crippen LogP contribution >= 0.6 is 0 Å². The van der Waals surface area contributed by atoms with Crippen LogP contribution in [0.25, 0.3) is 0 Å². The molecule has 0 bridgehead atoms. The lowest BCUT2D eigenvalue weighted by molar-refractivity contribution is -0.0000124. The highest BCUT2D eigenvalue weighted by atomic mass is 35.5. The van der Waals surface area contributed by atoms with Gasteiger partial charge in [0, 0.05) is 18.5 Å². The van der Waals surface area contributed by atoms with Crippen LogP contribution in [0.15, 0.2) is 24.3 Å². The lowest BCUT2D eigenvalue weighted by Crippen LogP contribution is -3.00. The summed E-state index contributed by atoms with van der Waals surface area (Å²) in [4.78, 5) is 14.4. The largest absolute Gasteiger partial charge is 1.00 e. The van der Waals surface area contributed by atoms with Crippen LogP contribution in [0, 0.1) is 0 Å². The third kappa shape index (κ3) is 4.84. The summed E-state index contributed by atoms with van der Waals surface area (Å²) >= 11 is 0. The lowest BCUT2D eigenvalue weighted by Gasteiger charge is -2.13. The number of carbonyl (C=O) groups is 1. The quantitative estimate of drug-likeness (QED) is 0.675. The molecule has 0 aliphatic carbocycles. The fraction of sp³-hybridized carbons (Fsp3) is 0.533. The molecular formula is C15H21ClNO2-. The molecule has 0 N–H and O–H groups in total. The summed E-state index contributed by atoms with van der Waals surface area (Å²) in [6.07, 6.45) is 3.17. The first-order chi connectivity index (χ1) is 8.79. The van der Waals surface area contributed by atoms with Gasteiger partial charge in [-0.2, -0.15) is 0 Å². The number of halogens is 1. The second-order valence-corrected chi connectivity index (χ2v) is 4.68. The smallest absolute Gasteiger partial charge is 0.164 e. The maximum Gasteiger partial charge on any atom is 0.164 e. The van der Waals surface area contributed by atoms with E-state index >= 15 is 0 Å². The van der Waals surface area contributed by atoms with Gasteiger partial charge in [0.25, 0.3) is 0 Å². The second-order valence-electron chi connectivity index (χ2n) is 4.68. The summed E-state index contributed by atoms with van der Waals surface area (Å²) < 4.78 is 5.36. The van der Waals surface area contributed by atoms with Crippen LogP contribution in [0.3, 0.4) is 0 Å². The molecule has 1 aromatic rings. The number of ketones is 1. The van der Waals surface area contributed by atoms with Gasteiger partial charge in [-0.25, -0.2) is 0 Å². The molecule has 3 nitrogen and oxygen atoms in total. The Morgan fingerprint density at radius 3 is 2.42 bits per heavy atom. The number of likely N-dealkylation sites (tertiary alicyclic amines) is 1. The van der Waals surface area contributed by atoms with Crippen molar-refractivity contribution < 1.29 is 21.9 Å². The van der Waals surface area contributed by atoms with Gasteiger partial charge in [0.2, 0.25) is 0 Å². The zero-order valence-corrected chi connectivity index (χ0v) is 12.2. The van der Waals surface area contributed by atoms with E-state index in [1.807, 2.05) is 31.2 Å². The van der Waals surface area contributed by atoms with Crippen LogP contribution in [0.1, 0.15) is 36.5 Å². The van der Waals surface area contributed by atoms with Crippen molar-refractivity contribution in [2.45, 2.75) is 26.2 Å². The topological polar surface area (TPSA) is 29.5 Å². The van der Waals surface area contributed by atoms with Crippen molar-refractivity contribution in [2.24, 2.45) is 0 Å². The summed E-state index contributed by atoms with van der Waals surface area (Å²) in [6, 6.07) is 7.45. The molecule has 0 spiro atoms.